The van der Waals surface area contributed by atoms with Gasteiger partial charge in [0.05, 0.1) is 5.75 Å². The van der Waals surface area contributed by atoms with E-state index in [9.17, 15) is 8.42 Å². The Morgan fingerprint density at radius 2 is 1.88 bits per heavy atom. The zero-order chi connectivity index (χ0) is 12.6. The van der Waals surface area contributed by atoms with Gasteiger partial charge >= 0.3 is 0 Å². The molecule has 0 aromatic rings. The molecule has 0 amide bonds. The minimum Gasteiger partial charge on any atom is -0.314 e. The first-order valence-electron chi connectivity index (χ1n) is 6.57. The second-order valence-corrected chi connectivity index (χ2v) is 8.37. The summed E-state index contributed by atoms with van der Waals surface area (Å²) in [4.78, 5) is 0. The zero-order valence-electron chi connectivity index (χ0n) is 10.8. The van der Waals surface area contributed by atoms with Crippen LogP contribution in [0.1, 0.15) is 38.5 Å². The van der Waals surface area contributed by atoms with Gasteiger partial charge in [0.25, 0.3) is 0 Å². The number of thioether (sulfide) groups is 1. The van der Waals surface area contributed by atoms with Crippen LogP contribution < -0.4 is 5.32 Å². The van der Waals surface area contributed by atoms with Crippen LogP contribution in [0.5, 0.6) is 0 Å². The van der Waals surface area contributed by atoms with Gasteiger partial charge in [0, 0.05) is 18.1 Å². The molecule has 1 aliphatic carbocycles. The average Bonchev–Trinajstić information content (AvgIpc) is 2.28. The average molecular weight is 279 g/mol. The number of rotatable bonds is 8. The topological polar surface area (TPSA) is 46.2 Å². The molecule has 0 atom stereocenters. The second kappa shape index (κ2) is 8.38. The molecule has 5 heteroatoms. The van der Waals surface area contributed by atoms with E-state index in [1.54, 1.807) is 11.8 Å². The number of sulfone groups is 1. The van der Waals surface area contributed by atoms with Gasteiger partial charge < -0.3 is 5.32 Å². The Morgan fingerprint density at radius 3 is 2.53 bits per heavy atom. The van der Waals surface area contributed by atoms with Crippen molar-refractivity contribution < 1.29 is 8.42 Å². The minimum absolute atomic E-state index is 0.313. The van der Waals surface area contributed by atoms with E-state index in [0.29, 0.717) is 5.75 Å². The fraction of sp³-hybridized carbons (Fsp3) is 1.00. The summed E-state index contributed by atoms with van der Waals surface area (Å²) in [6, 6.07) is 0.741. The summed E-state index contributed by atoms with van der Waals surface area (Å²) in [5.41, 5.74) is 0. The van der Waals surface area contributed by atoms with Crippen molar-refractivity contribution in [1.82, 2.24) is 5.32 Å². The number of hydrogen-bond acceptors (Lipinski definition) is 4. The third-order valence-corrected chi connectivity index (χ3v) is 5.38. The highest BCUT2D eigenvalue weighted by Crippen LogP contribution is 2.17. The van der Waals surface area contributed by atoms with Crippen LogP contribution >= 0.6 is 11.8 Å². The summed E-state index contributed by atoms with van der Waals surface area (Å²) < 4.78 is 21.8. The first kappa shape index (κ1) is 15.3. The van der Waals surface area contributed by atoms with Crippen molar-refractivity contribution in [2.45, 2.75) is 44.6 Å². The van der Waals surface area contributed by atoms with Crippen LogP contribution in [0.25, 0.3) is 0 Å². The van der Waals surface area contributed by atoms with Crippen molar-refractivity contribution in [3.8, 4) is 0 Å². The van der Waals surface area contributed by atoms with Crippen molar-refractivity contribution in [3.05, 3.63) is 0 Å². The molecule has 0 aromatic heterocycles. The van der Waals surface area contributed by atoms with Gasteiger partial charge in [-0.2, -0.15) is 11.8 Å². The van der Waals surface area contributed by atoms with Gasteiger partial charge in [-0.1, -0.05) is 19.3 Å². The maximum Gasteiger partial charge on any atom is 0.148 e. The third kappa shape index (κ3) is 8.91. The minimum atomic E-state index is -2.77. The fourth-order valence-electron chi connectivity index (χ4n) is 2.10. The van der Waals surface area contributed by atoms with Gasteiger partial charge in [-0.3, -0.25) is 0 Å². The van der Waals surface area contributed by atoms with E-state index < -0.39 is 9.84 Å². The van der Waals surface area contributed by atoms with Crippen LogP contribution in [-0.2, 0) is 9.84 Å². The maximum atomic E-state index is 10.9. The lowest BCUT2D eigenvalue weighted by molar-refractivity contribution is 0.375. The largest absolute Gasteiger partial charge is 0.314 e. The molecule has 1 rings (SSSR count). The Balaban J connectivity index is 1.87. The molecule has 102 valence electrons. The van der Waals surface area contributed by atoms with Crippen molar-refractivity contribution in [2.75, 3.05) is 30.1 Å². The highest BCUT2D eigenvalue weighted by atomic mass is 32.2. The normalized spacial score (nSPS) is 18.4. The van der Waals surface area contributed by atoms with Crippen LogP contribution in [0, 0.1) is 0 Å². The second-order valence-electron chi connectivity index (χ2n) is 4.88. The van der Waals surface area contributed by atoms with Crippen molar-refractivity contribution in [3.63, 3.8) is 0 Å². The molecule has 0 bridgehead atoms. The van der Waals surface area contributed by atoms with Gasteiger partial charge in [-0.25, -0.2) is 8.42 Å². The summed E-state index contributed by atoms with van der Waals surface area (Å²) in [6.45, 7) is 1.08. The predicted octanol–water partition coefficient (Wildman–Crippen LogP) is 2.08. The van der Waals surface area contributed by atoms with Crippen molar-refractivity contribution in [2.24, 2.45) is 0 Å². The summed E-state index contributed by atoms with van der Waals surface area (Å²) in [6.07, 6.45) is 9.27. The van der Waals surface area contributed by atoms with Crippen LogP contribution in [0.4, 0.5) is 0 Å². The molecule has 1 fully saturated rings. The standard InChI is InChI=1S/C12H25NO2S2/c1-17(14,15)11-10-16-9-5-8-13-12-6-3-2-4-7-12/h12-13H,2-11H2,1H3. The Morgan fingerprint density at radius 1 is 1.18 bits per heavy atom. The highest BCUT2D eigenvalue weighted by molar-refractivity contribution is 8.00. The first-order valence-corrected chi connectivity index (χ1v) is 9.78. The Hall–Kier alpha value is 0.260. The Labute approximate surface area is 110 Å². The number of hydrogen-bond donors (Lipinski definition) is 1. The molecule has 17 heavy (non-hydrogen) atoms. The van der Waals surface area contributed by atoms with Gasteiger partial charge in [0.2, 0.25) is 0 Å². The molecule has 0 unspecified atom stereocenters. The fourth-order valence-corrected chi connectivity index (χ4v) is 4.33. The molecule has 1 saturated carbocycles. The van der Waals surface area contributed by atoms with Gasteiger partial charge in [0.15, 0.2) is 0 Å². The van der Waals surface area contributed by atoms with Gasteiger partial charge in [0.1, 0.15) is 9.84 Å². The Kier molecular flexibility index (Phi) is 7.55. The Bertz CT molecular complexity index is 285. The number of nitrogens with one attached hydrogen (secondary N) is 1. The van der Waals surface area contributed by atoms with E-state index >= 15 is 0 Å². The van der Waals surface area contributed by atoms with Gasteiger partial charge in [-0.05, 0) is 31.6 Å². The molecular weight excluding hydrogens is 254 g/mol. The van der Waals surface area contributed by atoms with Crippen molar-refractivity contribution in [1.29, 1.82) is 0 Å². The summed E-state index contributed by atoms with van der Waals surface area (Å²) in [5.74, 6) is 2.12. The molecule has 0 heterocycles. The van der Waals surface area contributed by atoms with Crippen LogP contribution in [0.2, 0.25) is 0 Å². The van der Waals surface area contributed by atoms with Gasteiger partial charge in [-0.15, -0.1) is 0 Å². The molecule has 0 saturated heterocycles. The smallest absolute Gasteiger partial charge is 0.148 e. The van der Waals surface area contributed by atoms with E-state index in [1.165, 1.54) is 38.4 Å². The van der Waals surface area contributed by atoms with E-state index in [-0.39, 0.29) is 0 Å². The molecule has 0 aliphatic heterocycles. The molecule has 0 radical (unpaired) electrons. The summed E-state index contributed by atoms with van der Waals surface area (Å²) in [5, 5.41) is 3.60. The van der Waals surface area contributed by atoms with Crippen LogP contribution in [-0.4, -0.2) is 44.5 Å². The van der Waals surface area contributed by atoms with E-state index in [2.05, 4.69) is 5.32 Å². The lowest BCUT2D eigenvalue weighted by Crippen LogP contribution is -2.31. The summed E-state index contributed by atoms with van der Waals surface area (Å²) in [7, 11) is -2.77. The van der Waals surface area contributed by atoms with E-state index in [1.807, 2.05) is 0 Å². The molecule has 1 N–H and O–H groups in total. The SMILES string of the molecule is CS(=O)(=O)CCSCCCNC1CCCCC1. The predicted molar refractivity (Wildman–Crippen MR) is 76.5 cm³/mol. The van der Waals surface area contributed by atoms with Crippen molar-refractivity contribution >= 4 is 21.6 Å². The molecule has 1 aliphatic rings. The molecular formula is C12H25NO2S2. The van der Waals surface area contributed by atoms with E-state index in [4.69, 9.17) is 0 Å². The van der Waals surface area contributed by atoms with Crippen LogP contribution in [0.15, 0.2) is 0 Å². The zero-order valence-corrected chi connectivity index (χ0v) is 12.4. The molecule has 0 aromatic carbocycles. The maximum absolute atomic E-state index is 10.9. The highest BCUT2D eigenvalue weighted by Gasteiger charge is 2.11. The monoisotopic (exact) mass is 279 g/mol. The molecule has 0 spiro atoms. The molecule has 3 nitrogen and oxygen atoms in total. The summed E-state index contributed by atoms with van der Waals surface area (Å²) >= 11 is 1.75. The quantitative estimate of drug-likeness (QED) is 0.691. The van der Waals surface area contributed by atoms with Crippen LogP contribution in [0.3, 0.4) is 0 Å². The van der Waals surface area contributed by atoms with E-state index in [0.717, 1.165) is 30.5 Å². The lowest BCUT2D eigenvalue weighted by Gasteiger charge is -2.22. The lowest BCUT2D eigenvalue weighted by atomic mass is 9.95. The third-order valence-electron chi connectivity index (χ3n) is 3.10. The first-order chi connectivity index (χ1) is 8.08.